The van der Waals surface area contributed by atoms with Crippen LogP contribution in [0.4, 0.5) is 5.82 Å². The molecule has 1 aromatic rings. The highest BCUT2D eigenvalue weighted by Crippen LogP contribution is 2.04. The molecule has 0 unspecified atom stereocenters. The van der Waals surface area contributed by atoms with E-state index < -0.39 is 0 Å². The lowest BCUT2D eigenvalue weighted by molar-refractivity contribution is 1.35. The largest absolute Gasteiger partial charge is 0.347 e. The third-order valence-corrected chi connectivity index (χ3v) is 1.10. The summed E-state index contributed by atoms with van der Waals surface area (Å²) in [4.78, 5) is 6.79. The number of aromatic nitrogens is 1. The monoisotopic (exact) mass is 199 g/mol. The van der Waals surface area contributed by atoms with Crippen LogP contribution >= 0.6 is 15.9 Å². The van der Waals surface area contributed by atoms with Crippen LogP contribution in [0.15, 0.2) is 23.3 Å². The number of hydrogen-bond donors (Lipinski definition) is 2. The van der Waals surface area contributed by atoms with Gasteiger partial charge in [-0.25, -0.2) is 4.99 Å². The highest BCUT2D eigenvalue weighted by Gasteiger charge is 1.84. The Morgan fingerprint density at radius 1 is 1.80 bits per heavy atom. The Hall–Kier alpha value is -0.900. The van der Waals surface area contributed by atoms with Gasteiger partial charge in [0.15, 0.2) is 0 Å². The van der Waals surface area contributed by atoms with E-state index in [1.54, 1.807) is 6.20 Å². The lowest BCUT2D eigenvalue weighted by Gasteiger charge is -1.82. The van der Waals surface area contributed by atoms with Crippen molar-refractivity contribution in [3.8, 4) is 0 Å². The molecule has 0 aliphatic heterocycles. The van der Waals surface area contributed by atoms with Crippen LogP contribution < -0.4 is 0 Å². The molecule has 0 fully saturated rings. The minimum Gasteiger partial charge on any atom is -0.347 e. The second-order valence-electron chi connectivity index (χ2n) is 1.66. The summed E-state index contributed by atoms with van der Waals surface area (Å²) in [6, 6.07) is 3.68. The first kappa shape index (κ1) is 7.21. The molecule has 0 amide bonds. The molecule has 0 aliphatic rings. The lowest BCUT2D eigenvalue weighted by Crippen LogP contribution is -1.81. The molecule has 0 aliphatic carbocycles. The van der Waals surface area contributed by atoms with Gasteiger partial charge >= 0.3 is 0 Å². The van der Waals surface area contributed by atoms with Crippen molar-refractivity contribution >= 4 is 32.6 Å². The van der Waals surface area contributed by atoms with Gasteiger partial charge in [0, 0.05) is 6.20 Å². The minimum absolute atomic E-state index is 0.266. The van der Waals surface area contributed by atoms with E-state index >= 15 is 0 Å². The van der Waals surface area contributed by atoms with E-state index in [0.717, 1.165) is 5.82 Å². The van der Waals surface area contributed by atoms with Crippen LogP contribution in [0.3, 0.4) is 0 Å². The Morgan fingerprint density at radius 3 is 3.10 bits per heavy atom. The number of nitrogens with zero attached hydrogens (tertiary/aromatic N) is 1. The molecule has 0 aromatic carbocycles. The highest BCUT2D eigenvalue weighted by atomic mass is 79.9. The van der Waals surface area contributed by atoms with Gasteiger partial charge in [-0.05, 0) is 28.1 Å². The van der Waals surface area contributed by atoms with E-state index in [0.29, 0.717) is 0 Å². The zero-order valence-electron chi connectivity index (χ0n) is 5.13. The van der Waals surface area contributed by atoms with Crippen LogP contribution in [0.5, 0.6) is 0 Å². The van der Waals surface area contributed by atoms with Gasteiger partial charge in [0.1, 0.15) is 10.4 Å². The molecule has 2 N–H and O–H groups in total. The van der Waals surface area contributed by atoms with Crippen molar-refractivity contribution in [2.45, 2.75) is 0 Å². The number of rotatable bonds is 2. The van der Waals surface area contributed by atoms with Crippen molar-refractivity contribution in [2.24, 2.45) is 4.99 Å². The molecule has 10 heavy (non-hydrogen) atoms. The van der Waals surface area contributed by atoms with Gasteiger partial charge in [0.2, 0.25) is 0 Å². The van der Waals surface area contributed by atoms with Crippen LogP contribution in [0.2, 0.25) is 0 Å². The fourth-order valence-corrected chi connectivity index (χ4v) is 0.630. The summed E-state index contributed by atoms with van der Waals surface area (Å²) in [6.45, 7) is 0. The minimum atomic E-state index is 0.266. The summed E-state index contributed by atoms with van der Waals surface area (Å²) in [5.41, 5.74) is 0. The molecular weight excluding hydrogens is 194 g/mol. The molecule has 0 saturated heterocycles. The molecule has 0 saturated carbocycles. The molecule has 1 rings (SSSR count). The second-order valence-corrected chi connectivity index (χ2v) is 2.52. The quantitative estimate of drug-likeness (QED) is 0.686. The summed E-state index contributed by atoms with van der Waals surface area (Å²) >= 11 is 2.94. The zero-order chi connectivity index (χ0) is 7.40. The van der Waals surface area contributed by atoms with E-state index in [1.807, 2.05) is 12.1 Å². The average molecular weight is 200 g/mol. The standard InChI is InChI=1S/C6H6BrN3/c7-5(8)4-10-6-2-1-3-9-6/h1-4,8-9H/b8-5?,10-4-. The molecule has 1 heterocycles. The average Bonchev–Trinajstić information content (AvgIpc) is 2.34. The fraction of sp³-hybridized carbons (Fsp3) is 0. The Kier molecular flexibility index (Phi) is 2.39. The van der Waals surface area contributed by atoms with Gasteiger partial charge in [-0.15, -0.1) is 0 Å². The smallest absolute Gasteiger partial charge is 0.129 e. The molecule has 1 aromatic heterocycles. The third kappa shape index (κ3) is 2.14. The number of halogens is 1. The molecule has 0 spiro atoms. The number of hydrogen-bond acceptors (Lipinski definition) is 2. The number of nitrogens with one attached hydrogen (secondary N) is 2. The molecule has 52 valence electrons. The number of H-pyrrole nitrogens is 1. The van der Waals surface area contributed by atoms with E-state index in [-0.39, 0.29) is 4.62 Å². The molecule has 0 atom stereocenters. The summed E-state index contributed by atoms with van der Waals surface area (Å²) in [7, 11) is 0. The maximum Gasteiger partial charge on any atom is 0.129 e. The van der Waals surface area contributed by atoms with Crippen LogP contribution in [0.1, 0.15) is 0 Å². The molecule has 0 radical (unpaired) electrons. The van der Waals surface area contributed by atoms with Gasteiger partial charge in [0.25, 0.3) is 0 Å². The Bertz CT molecular complexity index is 238. The summed E-state index contributed by atoms with van der Waals surface area (Å²) < 4.78 is 0.266. The van der Waals surface area contributed by atoms with E-state index in [4.69, 9.17) is 5.41 Å². The summed E-state index contributed by atoms with van der Waals surface area (Å²) in [6.07, 6.45) is 3.20. The van der Waals surface area contributed by atoms with Gasteiger partial charge in [-0.3, -0.25) is 5.41 Å². The zero-order valence-corrected chi connectivity index (χ0v) is 6.72. The predicted molar refractivity (Wildman–Crippen MR) is 45.6 cm³/mol. The molecule has 4 heteroatoms. The first-order chi connectivity index (χ1) is 4.79. The maximum absolute atomic E-state index is 6.95. The maximum atomic E-state index is 6.95. The Morgan fingerprint density at radius 2 is 2.60 bits per heavy atom. The van der Waals surface area contributed by atoms with Crippen LogP contribution in [-0.4, -0.2) is 15.8 Å². The van der Waals surface area contributed by atoms with Gasteiger partial charge in [-0.2, -0.15) is 0 Å². The molecular formula is C6H6BrN3. The van der Waals surface area contributed by atoms with Crippen molar-refractivity contribution in [1.82, 2.24) is 4.98 Å². The highest BCUT2D eigenvalue weighted by molar-refractivity contribution is 9.19. The van der Waals surface area contributed by atoms with Crippen molar-refractivity contribution in [2.75, 3.05) is 0 Å². The van der Waals surface area contributed by atoms with Crippen molar-refractivity contribution < 1.29 is 0 Å². The van der Waals surface area contributed by atoms with E-state index in [2.05, 4.69) is 25.9 Å². The summed E-state index contributed by atoms with van der Waals surface area (Å²) in [5, 5.41) is 6.95. The SMILES string of the molecule is N=C(Br)/C=N\c1ccc[nH]1. The predicted octanol–water partition coefficient (Wildman–Crippen LogP) is 2.09. The fourth-order valence-electron chi connectivity index (χ4n) is 0.527. The first-order valence-electron chi connectivity index (χ1n) is 2.70. The Labute approximate surface area is 66.8 Å². The van der Waals surface area contributed by atoms with Crippen molar-refractivity contribution in [3.63, 3.8) is 0 Å². The lowest BCUT2D eigenvalue weighted by atomic mass is 10.6. The van der Waals surface area contributed by atoms with Gasteiger partial charge < -0.3 is 4.98 Å². The van der Waals surface area contributed by atoms with Crippen LogP contribution in [0, 0.1) is 5.41 Å². The Balaban J connectivity index is 2.64. The van der Waals surface area contributed by atoms with Crippen molar-refractivity contribution in [3.05, 3.63) is 18.3 Å². The summed E-state index contributed by atoms with van der Waals surface area (Å²) in [5.74, 6) is 0.754. The first-order valence-corrected chi connectivity index (χ1v) is 3.50. The molecule has 3 nitrogen and oxygen atoms in total. The van der Waals surface area contributed by atoms with Crippen LogP contribution in [-0.2, 0) is 0 Å². The molecule has 0 bridgehead atoms. The van der Waals surface area contributed by atoms with Crippen LogP contribution in [0.25, 0.3) is 0 Å². The van der Waals surface area contributed by atoms with E-state index in [9.17, 15) is 0 Å². The topological polar surface area (TPSA) is 52.0 Å². The number of aromatic amines is 1. The normalized spacial score (nSPS) is 10.5. The van der Waals surface area contributed by atoms with Gasteiger partial charge in [-0.1, -0.05) is 0 Å². The third-order valence-electron chi connectivity index (χ3n) is 0.899. The van der Waals surface area contributed by atoms with Crippen molar-refractivity contribution in [1.29, 1.82) is 5.41 Å². The second kappa shape index (κ2) is 3.31. The van der Waals surface area contributed by atoms with Gasteiger partial charge in [0.05, 0.1) is 6.21 Å². The van der Waals surface area contributed by atoms with E-state index in [1.165, 1.54) is 6.21 Å². The number of aliphatic imine (C=N–C) groups is 1.